The summed E-state index contributed by atoms with van der Waals surface area (Å²) in [5.74, 6) is 1.54. The van der Waals surface area contributed by atoms with Crippen LogP contribution >= 0.6 is 0 Å². The van der Waals surface area contributed by atoms with Crippen molar-refractivity contribution < 1.29 is 9.53 Å². The molecule has 3 rings (SSSR count). The summed E-state index contributed by atoms with van der Waals surface area (Å²) in [5, 5.41) is 0. The summed E-state index contributed by atoms with van der Waals surface area (Å²) in [4.78, 5) is 18.9. The normalized spacial score (nSPS) is 25.0. The molecule has 1 atom stereocenters. The smallest absolute Gasteiger partial charge is 0.260 e. The lowest BCUT2D eigenvalue weighted by molar-refractivity contribution is -0.132. The van der Waals surface area contributed by atoms with E-state index in [0.717, 1.165) is 17.7 Å². The Morgan fingerprint density at radius 1 is 1.33 bits per heavy atom. The van der Waals surface area contributed by atoms with Crippen molar-refractivity contribution in [3.8, 4) is 5.75 Å². The molecule has 1 aliphatic heterocycles. The number of amides is 1. The minimum absolute atomic E-state index is 0.0433. The van der Waals surface area contributed by atoms with Crippen molar-refractivity contribution in [3.63, 3.8) is 0 Å². The lowest BCUT2D eigenvalue weighted by Crippen LogP contribution is -2.47. The second-order valence-corrected chi connectivity index (χ2v) is 7.18. The molecule has 1 aromatic carbocycles. The maximum atomic E-state index is 12.9. The molecule has 2 N–H and O–H groups in total. The first-order chi connectivity index (χ1) is 11.5. The Bertz CT molecular complexity index is 637. The molecular weight excluding hydrogens is 302 g/mol. The first-order valence-electron chi connectivity index (χ1n) is 8.83. The van der Waals surface area contributed by atoms with E-state index in [4.69, 9.17) is 10.5 Å². The van der Waals surface area contributed by atoms with Crippen LogP contribution in [0.15, 0.2) is 29.3 Å². The number of guanidine groups is 1. The van der Waals surface area contributed by atoms with Crippen molar-refractivity contribution in [3.05, 3.63) is 29.8 Å². The summed E-state index contributed by atoms with van der Waals surface area (Å²) in [6.45, 7) is 2.27. The van der Waals surface area contributed by atoms with Crippen LogP contribution in [0.4, 0.5) is 0 Å². The zero-order chi connectivity index (χ0) is 17.2. The monoisotopic (exact) mass is 329 g/mol. The molecule has 0 radical (unpaired) electrons. The predicted octanol–water partition coefficient (Wildman–Crippen LogP) is 2.87. The summed E-state index contributed by atoms with van der Waals surface area (Å²) in [7, 11) is 1.69. The maximum absolute atomic E-state index is 12.9. The van der Waals surface area contributed by atoms with E-state index in [-0.39, 0.29) is 12.5 Å². The Balaban J connectivity index is 1.78. The molecule has 5 heteroatoms. The van der Waals surface area contributed by atoms with Crippen molar-refractivity contribution in [1.29, 1.82) is 0 Å². The molecule has 0 spiro atoms. The Morgan fingerprint density at radius 2 is 2.08 bits per heavy atom. The largest absolute Gasteiger partial charge is 0.490 e. The maximum Gasteiger partial charge on any atom is 0.260 e. The standard InChI is InChI=1S/C19H27N3O2/c1-14-7-6-10-16(11-14)24-13-19(12-15-8-4-3-5-9-15)17(23)22(2)18(20)21-19/h6-7,10-11,15H,3-5,8-9,12-13H2,1-2H3,(H2,20,21). The predicted molar refractivity (Wildman–Crippen MR) is 95.0 cm³/mol. The van der Waals surface area contributed by atoms with Gasteiger partial charge in [-0.3, -0.25) is 9.69 Å². The van der Waals surface area contributed by atoms with E-state index >= 15 is 0 Å². The number of carbonyl (C=O) groups is 1. The number of carbonyl (C=O) groups excluding carboxylic acids is 1. The molecule has 0 bridgehead atoms. The Labute approximate surface area is 143 Å². The van der Waals surface area contributed by atoms with Gasteiger partial charge in [-0.25, -0.2) is 4.99 Å². The van der Waals surface area contributed by atoms with E-state index in [1.165, 1.54) is 37.0 Å². The van der Waals surface area contributed by atoms with Gasteiger partial charge in [0.15, 0.2) is 11.5 Å². The van der Waals surface area contributed by atoms with Crippen molar-refractivity contribution in [2.24, 2.45) is 16.6 Å². The molecule has 5 nitrogen and oxygen atoms in total. The number of benzene rings is 1. The third kappa shape index (κ3) is 3.40. The van der Waals surface area contributed by atoms with Crippen LogP contribution < -0.4 is 10.5 Å². The number of aryl methyl sites for hydroxylation is 1. The second-order valence-electron chi connectivity index (χ2n) is 7.18. The molecule has 130 valence electrons. The van der Waals surface area contributed by atoms with E-state index in [2.05, 4.69) is 4.99 Å². The highest BCUT2D eigenvalue weighted by molar-refractivity contribution is 6.06. The summed E-state index contributed by atoms with van der Waals surface area (Å²) >= 11 is 0. The van der Waals surface area contributed by atoms with Crippen LogP contribution in [0.3, 0.4) is 0 Å². The van der Waals surface area contributed by atoms with Gasteiger partial charge in [-0.1, -0.05) is 44.2 Å². The lowest BCUT2D eigenvalue weighted by Gasteiger charge is -2.31. The van der Waals surface area contributed by atoms with Crippen LogP contribution in [0.5, 0.6) is 5.75 Å². The average molecular weight is 329 g/mol. The number of rotatable bonds is 5. The van der Waals surface area contributed by atoms with Gasteiger partial charge in [0.1, 0.15) is 12.4 Å². The van der Waals surface area contributed by atoms with E-state index in [0.29, 0.717) is 11.9 Å². The molecule has 1 heterocycles. The molecule has 0 aromatic heterocycles. The fraction of sp³-hybridized carbons (Fsp3) is 0.579. The van der Waals surface area contributed by atoms with Gasteiger partial charge in [0.05, 0.1) is 0 Å². The van der Waals surface area contributed by atoms with Crippen molar-refractivity contribution >= 4 is 11.9 Å². The molecule has 1 unspecified atom stereocenters. The van der Waals surface area contributed by atoms with E-state index < -0.39 is 5.54 Å². The highest BCUT2D eigenvalue weighted by Crippen LogP contribution is 2.36. The zero-order valence-corrected chi connectivity index (χ0v) is 14.6. The number of hydrogen-bond acceptors (Lipinski definition) is 4. The van der Waals surface area contributed by atoms with E-state index in [1.54, 1.807) is 7.05 Å². The SMILES string of the molecule is Cc1cccc(OCC2(CC3CCCCC3)N=C(N)N(C)C2=O)c1. The first kappa shape index (κ1) is 16.8. The van der Waals surface area contributed by atoms with Crippen molar-refractivity contribution in [2.75, 3.05) is 13.7 Å². The van der Waals surface area contributed by atoms with Crippen LogP contribution in [0.1, 0.15) is 44.1 Å². The van der Waals surface area contributed by atoms with Crippen LogP contribution in [-0.4, -0.2) is 36.0 Å². The molecule has 24 heavy (non-hydrogen) atoms. The third-order valence-electron chi connectivity index (χ3n) is 5.19. The highest BCUT2D eigenvalue weighted by atomic mass is 16.5. The summed E-state index contributed by atoms with van der Waals surface area (Å²) in [6.07, 6.45) is 6.83. The number of ether oxygens (including phenoxy) is 1. The summed E-state index contributed by atoms with van der Waals surface area (Å²) in [6, 6.07) is 7.87. The van der Waals surface area contributed by atoms with Gasteiger partial charge in [0.2, 0.25) is 0 Å². The van der Waals surface area contributed by atoms with E-state index in [1.807, 2.05) is 31.2 Å². The minimum Gasteiger partial charge on any atom is -0.490 e. The molecule has 1 aromatic rings. The number of hydrogen-bond donors (Lipinski definition) is 1. The Hall–Kier alpha value is -2.04. The van der Waals surface area contributed by atoms with Gasteiger partial charge < -0.3 is 10.5 Å². The fourth-order valence-corrected chi connectivity index (χ4v) is 3.82. The molecule has 1 fully saturated rings. The quantitative estimate of drug-likeness (QED) is 0.903. The first-order valence-corrected chi connectivity index (χ1v) is 8.83. The number of nitrogens with two attached hydrogens (primary N) is 1. The summed E-state index contributed by atoms with van der Waals surface area (Å²) < 4.78 is 5.97. The molecule has 1 saturated carbocycles. The van der Waals surface area contributed by atoms with Gasteiger partial charge in [0, 0.05) is 7.05 Å². The number of likely N-dealkylation sites (N-methyl/N-ethyl adjacent to an activating group) is 1. The van der Waals surface area contributed by atoms with Crippen LogP contribution in [0.25, 0.3) is 0 Å². The van der Waals surface area contributed by atoms with Gasteiger partial charge >= 0.3 is 0 Å². The Kier molecular flexibility index (Phi) is 4.78. The summed E-state index contributed by atoms with van der Waals surface area (Å²) in [5.41, 5.74) is 6.20. The average Bonchev–Trinajstić information content (AvgIpc) is 2.78. The second kappa shape index (κ2) is 6.83. The van der Waals surface area contributed by atoms with Crippen LogP contribution in [-0.2, 0) is 4.79 Å². The molecule has 2 aliphatic rings. The molecule has 1 amide bonds. The van der Waals surface area contributed by atoms with Gasteiger partial charge in [-0.2, -0.15) is 0 Å². The van der Waals surface area contributed by atoms with E-state index in [9.17, 15) is 4.79 Å². The number of aliphatic imine (C=N–C) groups is 1. The Morgan fingerprint density at radius 3 is 2.71 bits per heavy atom. The molecular formula is C19H27N3O2. The topological polar surface area (TPSA) is 67.9 Å². The van der Waals surface area contributed by atoms with Crippen molar-refractivity contribution in [1.82, 2.24) is 4.90 Å². The third-order valence-corrected chi connectivity index (χ3v) is 5.19. The fourth-order valence-electron chi connectivity index (χ4n) is 3.82. The minimum atomic E-state index is -0.870. The zero-order valence-electron chi connectivity index (χ0n) is 14.6. The van der Waals surface area contributed by atoms with Gasteiger partial charge in [-0.15, -0.1) is 0 Å². The van der Waals surface area contributed by atoms with Crippen LogP contribution in [0.2, 0.25) is 0 Å². The van der Waals surface area contributed by atoms with Crippen LogP contribution in [0, 0.1) is 12.8 Å². The number of nitrogens with zero attached hydrogens (tertiary/aromatic N) is 2. The highest BCUT2D eigenvalue weighted by Gasteiger charge is 2.48. The lowest BCUT2D eigenvalue weighted by atomic mass is 9.79. The van der Waals surface area contributed by atoms with Gasteiger partial charge in [-0.05, 0) is 37.0 Å². The molecule has 1 aliphatic carbocycles. The van der Waals surface area contributed by atoms with Crippen molar-refractivity contribution in [2.45, 2.75) is 51.0 Å². The van der Waals surface area contributed by atoms with Gasteiger partial charge in [0.25, 0.3) is 5.91 Å². The molecule has 0 saturated heterocycles.